The first-order valence-electron chi connectivity index (χ1n) is 4.54. The van der Waals surface area contributed by atoms with Gasteiger partial charge in [-0.25, -0.2) is 0 Å². The Morgan fingerprint density at radius 2 is 2.29 bits per heavy atom. The molecule has 14 heavy (non-hydrogen) atoms. The van der Waals surface area contributed by atoms with Crippen molar-refractivity contribution in [3.8, 4) is 0 Å². The van der Waals surface area contributed by atoms with Gasteiger partial charge in [0, 0.05) is 6.08 Å². The number of hydrogen-bond donors (Lipinski definition) is 0. The predicted octanol–water partition coefficient (Wildman–Crippen LogP) is 2.63. The third kappa shape index (κ3) is 2.49. The maximum absolute atomic E-state index is 11.5. The highest BCUT2D eigenvalue weighted by Gasteiger charge is 2.10. The van der Waals surface area contributed by atoms with E-state index in [-0.39, 0.29) is 5.78 Å². The molecule has 76 valence electrons. The van der Waals surface area contributed by atoms with Gasteiger partial charge in [0.2, 0.25) is 0 Å². The summed E-state index contributed by atoms with van der Waals surface area (Å²) in [5, 5.41) is 0. The van der Waals surface area contributed by atoms with Gasteiger partial charge >= 0.3 is 0 Å². The fraction of sp³-hybridized carbons (Fsp3) is 0.364. The topological polar surface area (TPSA) is 39.4 Å². The first kappa shape index (κ1) is 10.6. The van der Waals surface area contributed by atoms with Crippen LogP contribution in [0.5, 0.6) is 0 Å². The molecule has 0 aliphatic rings. The molecule has 1 aromatic heterocycles. The Morgan fingerprint density at radius 3 is 2.79 bits per heavy atom. The molecule has 1 heterocycles. The number of ether oxygens (including phenoxy) is 1. The monoisotopic (exact) mass is 194 g/mol. The summed E-state index contributed by atoms with van der Waals surface area (Å²) in [7, 11) is 0. The van der Waals surface area contributed by atoms with Gasteiger partial charge in [0.1, 0.15) is 11.5 Å². The number of furan rings is 1. The van der Waals surface area contributed by atoms with E-state index in [1.807, 2.05) is 13.8 Å². The van der Waals surface area contributed by atoms with Crippen LogP contribution in [0.4, 0.5) is 0 Å². The fourth-order valence-corrected chi connectivity index (χ4v) is 1.17. The van der Waals surface area contributed by atoms with E-state index in [2.05, 4.69) is 0 Å². The predicted molar refractivity (Wildman–Crippen MR) is 53.3 cm³/mol. The Kier molecular flexibility index (Phi) is 3.51. The van der Waals surface area contributed by atoms with Crippen molar-refractivity contribution in [2.75, 3.05) is 6.61 Å². The molecule has 0 aliphatic carbocycles. The van der Waals surface area contributed by atoms with E-state index in [1.54, 1.807) is 13.0 Å². The number of ketones is 1. The quantitative estimate of drug-likeness (QED) is 0.420. The largest absolute Gasteiger partial charge is 0.501 e. The first-order valence-corrected chi connectivity index (χ1v) is 4.54. The van der Waals surface area contributed by atoms with Crippen LogP contribution < -0.4 is 0 Å². The summed E-state index contributed by atoms with van der Waals surface area (Å²) in [6, 6.07) is 1.73. The molecule has 3 heteroatoms. The average Bonchev–Trinajstić information content (AvgIpc) is 2.45. The van der Waals surface area contributed by atoms with E-state index in [0.29, 0.717) is 17.9 Å². The molecule has 0 unspecified atom stereocenters. The van der Waals surface area contributed by atoms with Crippen LogP contribution in [-0.4, -0.2) is 12.4 Å². The molecule has 0 saturated carbocycles. The standard InChI is InChI=1S/C11H14O3/c1-4-13-6-5-11(12)10-7-8(2)14-9(10)3/h5-7H,4H2,1-3H3/b6-5+. The molecule has 1 aromatic rings. The number of hydrogen-bond acceptors (Lipinski definition) is 3. The van der Waals surface area contributed by atoms with E-state index in [1.165, 1.54) is 12.3 Å². The van der Waals surface area contributed by atoms with Gasteiger partial charge in [-0.15, -0.1) is 0 Å². The van der Waals surface area contributed by atoms with E-state index in [4.69, 9.17) is 9.15 Å². The second kappa shape index (κ2) is 4.65. The molecule has 0 aromatic carbocycles. The molecule has 0 atom stereocenters. The summed E-state index contributed by atoms with van der Waals surface area (Å²) < 4.78 is 10.2. The molecular formula is C11H14O3. The van der Waals surface area contributed by atoms with E-state index in [0.717, 1.165) is 5.76 Å². The summed E-state index contributed by atoms with van der Waals surface area (Å²) in [5.41, 5.74) is 0.596. The van der Waals surface area contributed by atoms with Gasteiger partial charge in [0.15, 0.2) is 5.78 Å². The van der Waals surface area contributed by atoms with Gasteiger partial charge in [-0.05, 0) is 26.8 Å². The van der Waals surface area contributed by atoms with Gasteiger partial charge in [-0.1, -0.05) is 0 Å². The van der Waals surface area contributed by atoms with Gasteiger partial charge in [0.05, 0.1) is 18.4 Å². The zero-order chi connectivity index (χ0) is 10.6. The van der Waals surface area contributed by atoms with Gasteiger partial charge in [-0.3, -0.25) is 4.79 Å². The van der Waals surface area contributed by atoms with Crippen molar-refractivity contribution in [1.82, 2.24) is 0 Å². The van der Waals surface area contributed by atoms with Crippen molar-refractivity contribution >= 4 is 5.78 Å². The second-order valence-electron chi connectivity index (χ2n) is 2.95. The highest BCUT2D eigenvalue weighted by molar-refractivity contribution is 6.05. The summed E-state index contributed by atoms with van der Waals surface area (Å²) in [6.45, 7) is 6.01. The Morgan fingerprint density at radius 1 is 1.57 bits per heavy atom. The summed E-state index contributed by atoms with van der Waals surface area (Å²) >= 11 is 0. The summed E-state index contributed by atoms with van der Waals surface area (Å²) in [6.07, 6.45) is 2.81. The molecular weight excluding hydrogens is 180 g/mol. The van der Waals surface area contributed by atoms with Crippen molar-refractivity contribution in [3.63, 3.8) is 0 Å². The molecule has 0 saturated heterocycles. The number of rotatable bonds is 4. The van der Waals surface area contributed by atoms with Crippen LogP contribution >= 0.6 is 0 Å². The van der Waals surface area contributed by atoms with Crippen LogP contribution in [0.15, 0.2) is 22.8 Å². The first-order chi connectivity index (χ1) is 6.65. The molecule has 0 fully saturated rings. The Labute approximate surface area is 83.4 Å². The number of carbonyl (C=O) groups excluding carboxylic acids is 1. The maximum Gasteiger partial charge on any atom is 0.192 e. The summed E-state index contributed by atoms with van der Waals surface area (Å²) in [5.74, 6) is 1.30. The van der Waals surface area contributed by atoms with E-state index >= 15 is 0 Å². The molecule has 1 rings (SSSR count). The molecule has 0 aliphatic heterocycles. The van der Waals surface area contributed by atoms with E-state index < -0.39 is 0 Å². The lowest BCUT2D eigenvalue weighted by Gasteiger charge is -1.92. The average molecular weight is 194 g/mol. The van der Waals surface area contributed by atoms with Gasteiger partial charge < -0.3 is 9.15 Å². The lowest BCUT2D eigenvalue weighted by molar-refractivity contribution is 0.104. The summed E-state index contributed by atoms with van der Waals surface area (Å²) in [4.78, 5) is 11.5. The van der Waals surface area contributed by atoms with Crippen LogP contribution in [0.1, 0.15) is 28.8 Å². The minimum atomic E-state index is -0.0900. The van der Waals surface area contributed by atoms with Crippen molar-refractivity contribution in [3.05, 3.63) is 35.5 Å². The Balaban J connectivity index is 2.74. The SMILES string of the molecule is CCO/C=C/C(=O)c1cc(C)oc1C. The molecule has 0 radical (unpaired) electrons. The van der Waals surface area contributed by atoms with Crippen LogP contribution in [0.25, 0.3) is 0 Å². The molecule has 0 bridgehead atoms. The van der Waals surface area contributed by atoms with Crippen LogP contribution in [0, 0.1) is 13.8 Å². The second-order valence-corrected chi connectivity index (χ2v) is 2.95. The third-order valence-electron chi connectivity index (χ3n) is 1.79. The fourth-order valence-electron chi connectivity index (χ4n) is 1.17. The number of aryl methyl sites for hydroxylation is 2. The molecule has 0 spiro atoms. The van der Waals surface area contributed by atoms with Crippen molar-refractivity contribution in [1.29, 1.82) is 0 Å². The van der Waals surface area contributed by atoms with E-state index in [9.17, 15) is 4.79 Å². The molecule has 0 amide bonds. The Bertz CT molecular complexity index is 347. The van der Waals surface area contributed by atoms with Crippen molar-refractivity contribution in [2.45, 2.75) is 20.8 Å². The minimum Gasteiger partial charge on any atom is -0.501 e. The van der Waals surface area contributed by atoms with Crippen LogP contribution in [-0.2, 0) is 4.74 Å². The van der Waals surface area contributed by atoms with Crippen LogP contribution in [0.3, 0.4) is 0 Å². The Hall–Kier alpha value is -1.51. The third-order valence-corrected chi connectivity index (χ3v) is 1.79. The minimum absolute atomic E-state index is 0.0900. The number of allylic oxidation sites excluding steroid dienone is 1. The lowest BCUT2D eigenvalue weighted by atomic mass is 10.1. The molecule has 0 N–H and O–H groups in total. The van der Waals surface area contributed by atoms with Crippen molar-refractivity contribution < 1.29 is 13.9 Å². The van der Waals surface area contributed by atoms with Gasteiger partial charge in [-0.2, -0.15) is 0 Å². The zero-order valence-corrected chi connectivity index (χ0v) is 8.66. The normalized spacial score (nSPS) is 10.8. The number of carbonyl (C=O) groups is 1. The maximum atomic E-state index is 11.5. The van der Waals surface area contributed by atoms with Crippen LogP contribution in [0.2, 0.25) is 0 Å². The van der Waals surface area contributed by atoms with Gasteiger partial charge in [0.25, 0.3) is 0 Å². The lowest BCUT2D eigenvalue weighted by Crippen LogP contribution is -1.94. The highest BCUT2D eigenvalue weighted by atomic mass is 16.5. The highest BCUT2D eigenvalue weighted by Crippen LogP contribution is 2.14. The molecule has 3 nitrogen and oxygen atoms in total. The zero-order valence-electron chi connectivity index (χ0n) is 8.66. The van der Waals surface area contributed by atoms with Crippen molar-refractivity contribution in [2.24, 2.45) is 0 Å². The smallest absolute Gasteiger partial charge is 0.192 e.